The molecule has 3 rings (SSSR count). The third kappa shape index (κ3) is 5.47. The average Bonchev–Trinajstić information content (AvgIpc) is 2.83. The first-order valence-electron chi connectivity index (χ1n) is 10.8. The largest absolute Gasteiger partial charge is 0.504 e. The van der Waals surface area contributed by atoms with Crippen molar-refractivity contribution in [1.82, 2.24) is 0 Å². The van der Waals surface area contributed by atoms with Crippen LogP contribution in [0.25, 0.3) is 16.3 Å². The minimum absolute atomic E-state index is 0.307. The number of rotatable bonds is 9. The minimum Gasteiger partial charge on any atom is -0.497 e. The van der Waals surface area contributed by atoms with E-state index < -0.39 is 24.1 Å². The standard InChI is InChI=1S/C24H26N2O6S2/c1-3-4-5-6-15-32-21-9-7-19-17-23(12-8-18(19)16-21)34(29,30)24(26-25)33(27,28)22-13-10-20(31-2)11-14-22/h7-14,16-17H,3-6,15H2,1-2H3. The normalized spacial score (nSPS) is 11.7. The molecule has 0 saturated heterocycles. The lowest BCUT2D eigenvalue weighted by Gasteiger charge is -2.08. The third-order valence-electron chi connectivity index (χ3n) is 5.27. The van der Waals surface area contributed by atoms with E-state index in [0.717, 1.165) is 31.1 Å². The highest BCUT2D eigenvalue weighted by atomic mass is 32.3. The van der Waals surface area contributed by atoms with Crippen LogP contribution in [0.4, 0.5) is 0 Å². The Kier molecular flexibility index (Phi) is 8.09. The lowest BCUT2D eigenvalue weighted by molar-refractivity contribution is 0.00380. The number of hydrogen-bond donors (Lipinski definition) is 0. The van der Waals surface area contributed by atoms with Crippen molar-refractivity contribution in [1.29, 1.82) is 0 Å². The molecule has 0 spiro atoms. The van der Waals surface area contributed by atoms with E-state index in [0.29, 0.717) is 23.5 Å². The van der Waals surface area contributed by atoms with Crippen molar-refractivity contribution in [2.45, 2.75) is 42.4 Å². The Hall–Kier alpha value is -3.20. The first-order valence-corrected chi connectivity index (χ1v) is 13.7. The van der Waals surface area contributed by atoms with Crippen LogP contribution in [0.3, 0.4) is 0 Å². The molecule has 3 aromatic carbocycles. The second-order valence-electron chi connectivity index (χ2n) is 7.63. The molecule has 0 radical (unpaired) electrons. The number of fused-ring (bicyclic) bond motifs is 1. The van der Waals surface area contributed by atoms with Crippen LogP contribution in [0.2, 0.25) is 0 Å². The number of unbranched alkanes of at least 4 members (excludes halogenated alkanes) is 3. The maximum absolute atomic E-state index is 13.1. The van der Waals surface area contributed by atoms with Gasteiger partial charge in [0.2, 0.25) is 0 Å². The second kappa shape index (κ2) is 10.8. The molecule has 10 heteroatoms. The Bertz CT molecular complexity index is 1430. The van der Waals surface area contributed by atoms with E-state index in [1.807, 2.05) is 0 Å². The molecule has 0 N–H and O–H groups in total. The zero-order chi connectivity index (χ0) is 24.8. The van der Waals surface area contributed by atoms with E-state index in [9.17, 15) is 22.4 Å². The van der Waals surface area contributed by atoms with Crippen LogP contribution in [-0.4, -0.2) is 39.7 Å². The lowest BCUT2D eigenvalue weighted by atomic mass is 10.1. The predicted octanol–water partition coefficient (Wildman–Crippen LogP) is 4.64. The smallest absolute Gasteiger partial charge is 0.497 e. The number of hydrogen-bond acceptors (Lipinski definition) is 6. The Balaban J connectivity index is 1.89. The van der Waals surface area contributed by atoms with E-state index in [1.54, 1.807) is 24.3 Å². The summed E-state index contributed by atoms with van der Waals surface area (Å²) in [6.07, 6.45) is 4.35. The topological polar surface area (TPSA) is 123 Å². The number of ether oxygens (including phenoxy) is 2. The van der Waals surface area contributed by atoms with Gasteiger partial charge < -0.3 is 15.0 Å². The summed E-state index contributed by atoms with van der Waals surface area (Å²) < 4.78 is 61.5. The van der Waals surface area contributed by atoms with E-state index in [2.05, 4.69) is 11.7 Å². The van der Waals surface area contributed by atoms with Gasteiger partial charge in [-0.2, -0.15) is 0 Å². The van der Waals surface area contributed by atoms with Gasteiger partial charge in [-0.3, -0.25) is 0 Å². The zero-order valence-electron chi connectivity index (χ0n) is 19.0. The summed E-state index contributed by atoms with van der Waals surface area (Å²) in [5.74, 6) is 1.06. The fourth-order valence-electron chi connectivity index (χ4n) is 3.39. The maximum Gasteiger partial charge on any atom is 0.504 e. The molecule has 180 valence electrons. The second-order valence-corrected chi connectivity index (χ2v) is 11.6. The van der Waals surface area contributed by atoms with E-state index in [4.69, 9.17) is 9.47 Å². The highest BCUT2D eigenvalue weighted by Gasteiger charge is 2.44. The van der Waals surface area contributed by atoms with Crippen LogP contribution in [0, 0.1) is 0 Å². The molecule has 3 aromatic rings. The molecule has 8 nitrogen and oxygen atoms in total. The van der Waals surface area contributed by atoms with Crippen molar-refractivity contribution >= 4 is 34.8 Å². The molecule has 0 aliphatic heterocycles. The fourth-order valence-corrected chi connectivity index (χ4v) is 6.76. The van der Waals surface area contributed by atoms with Crippen molar-refractivity contribution in [3.8, 4) is 11.5 Å². The molecule has 0 amide bonds. The summed E-state index contributed by atoms with van der Waals surface area (Å²) in [6, 6.07) is 14.5. The van der Waals surface area contributed by atoms with Crippen LogP contribution in [0.1, 0.15) is 32.6 Å². The third-order valence-corrected chi connectivity index (χ3v) is 9.44. The summed E-state index contributed by atoms with van der Waals surface area (Å²) in [6.45, 7) is 2.74. The maximum atomic E-state index is 13.1. The Morgan fingerprint density at radius 2 is 1.38 bits per heavy atom. The van der Waals surface area contributed by atoms with Crippen LogP contribution in [0.15, 0.2) is 70.5 Å². The monoisotopic (exact) mass is 502 g/mol. The molecule has 34 heavy (non-hydrogen) atoms. The van der Waals surface area contributed by atoms with Crippen molar-refractivity contribution < 1.29 is 31.1 Å². The van der Waals surface area contributed by atoms with Crippen LogP contribution >= 0.6 is 0 Å². The summed E-state index contributed by atoms with van der Waals surface area (Å²) in [5.41, 5.74) is 9.40. The molecule has 0 heterocycles. The first kappa shape index (κ1) is 25.4. The Labute approximate surface area is 199 Å². The number of nitrogens with zero attached hydrogens (tertiary/aromatic N) is 2. The van der Waals surface area contributed by atoms with Crippen molar-refractivity contribution in [3.63, 3.8) is 0 Å². The van der Waals surface area contributed by atoms with Crippen molar-refractivity contribution in [2.24, 2.45) is 0 Å². The van der Waals surface area contributed by atoms with Gasteiger partial charge in [-0.25, -0.2) is 16.8 Å². The van der Waals surface area contributed by atoms with Gasteiger partial charge in [0.1, 0.15) is 11.5 Å². The molecular weight excluding hydrogens is 476 g/mol. The summed E-state index contributed by atoms with van der Waals surface area (Å²) in [4.78, 5) is 2.02. The van der Waals surface area contributed by atoms with Gasteiger partial charge in [-0.1, -0.05) is 38.3 Å². The molecule has 0 aromatic heterocycles. The zero-order valence-corrected chi connectivity index (χ0v) is 20.6. The molecule has 0 aliphatic rings. The van der Waals surface area contributed by atoms with Crippen LogP contribution in [0.5, 0.6) is 11.5 Å². The Morgan fingerprint density at radius 3 is 2.03 bits per heavy atom. The molecule has 0 aliphatic carbocycles. The molecule has 0 atom stereocenters. The van der Waals surface area contributed by atoms with Gasteiger partial charge in [0.25, 0.3) is 19.7 Å². The number of methoxy groups -OCH3 is 1. The SMILES string of the molecule is CCCCCCOc1ccc2cc(S(=O)(=O)C(=[N+]=[N-])S(=O)(=O)c3ccc(OC)cc3)ccc2c1. The molecule has 0 bridgehead atoms. The average molecular weight is 503 g/mol. The van der Waals surface area contributed by atoms with E-state index in [1.165, 1.54) is 43.5 Å². The molecule has 0 unspecified atom stereocenters. The van der Waals surface area contributed by atoms with Crippen molar-refractivity contribution in [3.05, 3.63) is 66.2 Å². The van der Waals surface area contributed by atoms with Gasteiger partial charge in [0, 0.05) is 0 Å². The first-order chi connectivity index (χ1) is 16.2. The molecular formula is C24H26N2O6S2. The van der Waals surface area contributed by atoms with Gasteiger partial charge in [0.15, 0.2) is 0 Å². The van der Waals surface area contributed by atoms with Gasteiger partial charge in [0.05, 0.1) is 23.5 Å². The minimum atomic E-state index is -4.65. The van der Waals surface area contributed by atoms with Gasteiger partial charge in [-0.05, 0) is 65.7 Å². The summed E-state index contributed by atoms with van der Waals surface area (Å²) >= 11 is 0. The summed E-state index contributed by atoms with van der Waals surface area (Å²) in [5, 5.41) is 1.30. The summed E-state index contributed by atoms with van der Waals surface area (Å²) in [7, 11) is -7.86. The highest BCUT2D eigenvalue weighted by Crippen LogP contribution is 2.27. The lowest BCUT2D eigenvalue weighted by Crippen LogP contribution is -2.26. The predicted molar refractivity (Wildman–Crippen MR) is 130 cm³/mol. The Morgan fingerprint density at radius 1 is 0.794 bits per heavy atom. The van der Waals surface area contributed by atoms with E-state index >= 15 is 0 Å². The van der Waals surface area contributed by atoms with Crippen LogP contribution < -0.4 is 9.47 Å². The van der Waals surface area contributed by atoms with E-state index in [-0.39, 0.29) is 9.79 Å². The van der Waals surface area contributed by atoms with Crippen LogP contribution in [-0.2, 0) is 19.7 Å². The fraction of sp³-hybridized carbons (Fsp3) is 0.292. The molecule has 0 fully saturated rings. The van der Waals surface area contributed by atoms with Crippen molar-refractivity contribution in [2.75, 3.05) is 13.7 Å². The quantitative estimate of drug-likeness (QED) is 0.138. The van der Waals surface area contributed by atoms with Gasteiger partial charge >= 0.3 is 4.38 Å². The number of benzene rings is 3. The van der Waals surface area contributed by atoms with Gasteiger partial charge in [-0.15, -0.1) is 4.79 Å². The molecule has 0 saturated carbocycles. The highest BCUT2D eigenvalue weighted by molar-refractivity contribution is 8.31. The number of sulfone groups is 2.